The summed E-state index contributed by atoms with van der Waals surface area (Å²) in [7, 11) is 0. The van der Waals surface area contributed by atoms with E-state index in [1.807, 2.05) is 0 Å². The summed E-state index contributed by atoms with van der Waals surface area (Å²) < 4.78 is 0. The molecule has 0 heterocycles. The molecule has 5 rings (SSSR count). The maximum absolute atomic E-state index is 3.36. The molecule has 0 aliphatic rings. The van der Waals surface area contributed by atoms with Crippen molar-refractivity contribution >= 4 is 32.3 Å². The van der Waals surface area contributed by atoms with Crippen LogP contribution < -0.4 is 0 Å². The number of rotatable bonds is 4. The van der Waals surface area contributed by atoms with Crippen LogP contribution in [0.2, 0.25) is 0 Å². The van der Waals surface area contributed by atoms with Gasteiger partial charge in [-0.2, -0.15) is 0 Å². The van der Waals surface area contributed by atoms with Gasteiger partial charge in [0.2, 0.25) is 0 Å². The third-order valence-electron chi connectivity index (χ3n) is 6.03. The molecule has 0 heteroatoms. The van der Waals surface area contributed by atoms with Crippen molar-refractivity contribution < 1.29 is 0 Å². The Bertz CT molecular complexity index is 1440. The number of benzene rings is 5. The molecule has 0 fully saturated rings. The highest BCUT2D eigenvalue weighted by Gasteiger charge is 2.00. The van der Waals surface area contributed by atoms with Crippen LogP contribution in [0.3, 0.4) is 0 Å². The number of hydrogen-bond acceptors (Lipinski definition) is 0. The molecule has 31 heavy (non-hydrogen) atoms. The summed E-state index contributed by atoms with van der Waals surface area (Å²) in [6, 6.07) is 32.9. The quantitative estimate of drug-likeness (QED) is 0.162. The van der Waals surface area contributed by atoms with E-state index in [1.54, 1.807) is 0 Å². The first kappa shape index (κ1) is 19.4. The summed E-state index contributed by atoms with van der Waals surface area (Å²) in [5.74, 6) is 6.72. The first-order chi connectivity index (χ1) is 15.3. The van der Waals surface area contributed by atoms with Crippen molar-refractivity contribution in [3.8, 4) is 11.8 Å². The fraction of sp³-hybridized carbons (Fsp3) is 0.161. The molecule has 0 aromatic heterocycles. The number of hydrogen-bond donors (Lipinski definition) is 0. The van der Waals surface area contributed by atoms with Crippen molar-refractivity contribution in [2.24, 2.45) is 0 Å². The van der Waals surface area contributed by atoms with E-state index in [0.29, 0.717) is 0 Å². The minimum atomic E-state index is 1.05. The lowest BCUT2D eigenvalue weighted by Gasteiger charge is -2.04. The van der Waals surface area contributed by atoms with Crippen LogP contribution in [0.4, 0.5) is 0 Å². The average molecular weight is 399 g/mol. The maximum Gasteiger partial charge on any atom is 0.0255 e. The second-order valence-electron chi connectivity index (χ2n) is 8.36. The van der Waals surface area contributed by atoms with Crippen LogP contribution in [0.25, 0.3) is 32.3 Å². The molecule has 0 saturated heterocycles. The van der Waals surface area contributed by atoms with Crippen LogP contribution in [-0.4, -0.2) is 0 Å². The monoisotopic (exact) mass is 398 g/mol. The Hall–Kier alpha value is -3.56. The summed E-state index contributed by atoms with van der Waals surface area (Å²) in [5, 5.41) is 7.60. The smallest absolute Gasteiger partial charge is 0.0255 e. The van der Waals surface area contributed by atoms with Crippen molar-refractivity contribution in [3.63, 3.8) is 0 Å². The number of unbranched alkanes of at least 4 members (excludes halogenated alkanes) is 2. The molecule has 0 radical (unpaired) electrons. The van der Waals surface area contributed by atoms with Gasteiger partial charge >= 0.3 is 0 Å². The zero-order chi connectivity index (χ0) is 21.0. The van der Waals surface area contributed by atoms with E-state index in [4.69, 9.17) is 0 Å². The van der Waals surface area contributed by atoms with Crippen molar-refractivity contribution in [2.75, 3.05) is 0 Å². The van der Waals surface area contributed by atoms with Gasteiger partial charge in [-0.25, -0.2) is 0 Å². The molecule has 0 atom stereocenters. The van der Waals surface area contributed by atoms with Gasteiger partial charge in [-0.15, -0.1) is 0 Å². The van der Waals surface area contributed by atoms with E-state index in [2.05, 4.69) is 110 Å². The molecule has 0 aliphatic heterocycles. The van der Waals surface area contributed by atoms with Crippen LogP contribution in [0.1, 0.15) is 42.9 Å². The van der Waals surface area contributed by atoms with Crippen LogP contribution in [0, 0.1) is 11.8 Å². The Balaban J connectivity index is 1.41. The van der Waals surface area contributed by atoms with Gasteiger partial charge in [0.25, 0.3) is 0 Å². The van der Waals surface area contributed by atoms with E-state index >= 15 is 0 Å². The maximum atomic E-state index is 3.36. The van der Waals surface area contributed by atoms with Crippen LogP contribution >= 0.6 is 0 Å². The zero-order valence-electron chi connectivity index (χ0n) is 18.0. The molecule has 0 bridgehead atoms. The van der Waals surface area contributed by atoms with E-state index in [0.717, 1.165) is 11.1 Å². The summed E-state index contributed by atoms with van der Waals surface area (Å²) in [5.41, 5.74) is 3.54. The molecule has 0 N–H and O–H groups in total. The first-order valence-electron chi connectivity index (χ1n) is 11.3. The van der Waals surface area contributed by atoms with Crippen molar-refractivity contribution in [1.82, 2.24) is 0 Å². The minimum Gasteiger partial charge on any atom is -0.0654 e. The van der Waals surface area contributed by atoms with Gasteiger partial charge in [-0.3, -0.25) is 0 Å². The van der Waals surface area contributed by atoms with Crippen molar-refractivity contribution in [1.29, 1.82) is 0 Å². The number of fused-ring (bicyclic) bond motifs is 3. The van der Waals surface area contributed by atoms with Gasteiger partial charge in [-0.1, -0.05) is 86.2 Å². The van der Waals surface area contributed by atoms with E-state index in [-0.39, 0.29) is 0 Å². The number of aryl methyl sites for hydroxylation is 1. The van der Waals surface area contributed by atoms with Gasteiger partial charge in [0, 0.05) is 11.1 Å². The molecule has 0 saturated carbocycles. The minimum absolute atomic E-state index is 1.05. The van der Waals surface area contributed by atoms with Gasteiger partial charge in [0.15, 0.2) is 0 Å². The van der Waals surface area contributed by atoms with E-state index in [9.17, 15) is 0 Å². The predicted octanol–water partition coefficient (Wildman–Crippen LogP) is 8.28. The fourth-order valence-electron chi connectivity index (χ4n) is 4.27. The molecule has 5 aromatic rings. The summed E-state index contributed by atoms with van der Waals surface area (Å²) in [6.07, 6.45) is 5.01. The molecule has 150 valence electrons. The Morgan fingerprint density at radius 3 is 1.77 bits per heavy atom. The van der Waals surface area contributed by atoms with Crippen molar-refractivity contribution in [2.45, 2.75) is 32.6 Å². The topological polar surface area (TPSA) is 0 Å². The zero-order valence-corrected chi connectivity index (χ0v) is 18.0. The third-order valence-corrected chi connectivity index (χ3v) is 6.03. The average Bonchev–Trinajstić information content (AvgIpc) is 2.81. The molecular formula is C31H26. The standard InChI is InChI=1S/C31H26/c1-2-3-4-7-23-12-15-29-19-24(13-16-28(29)18-23)10-11-25-14-17-30-21-26-8-5-6-9-27(26)22-31(30)20-25/h5-6,8-9,12-22H,2-4,7H2,1H3. The third kappa shape index (κ3) is 4.32. The van der Waals surface area contributed by atoms with Crippen molar-refractivity contribution in [3.05, 3.63) is 108 Å². The first-order valence-corrected chi connectivity index (χ1v) is 11.3. The highest BCUT2D eigenvalue weighted by atomic mass is 14.0. The van der Waals surface area contributed by atoms with E-state index in [1.165, 1.54) is 63.6 Å². The Morgan fingerprint density at radius 1 is 0.516 bits per heavy atom. The Labute approximate surface area is 184 Å². The van der Waals surface area contributed by atoms with Gasteiger partial charge in [-0.05, 0) is 87.1 Å². The largest absolute Gasteiger partial charge is 0.0654 e. The predicted molar refractivity (Wildman–Crippen MR) is 135 cm³/mol. The molecular weight excluding hydrogens is 372 g/mol. The SMILES string of the molecule is CCCCCc1ccc2cc(C#Cc3ccc4cc5ccccc5cc4c3)ccc2c1. The van der Waals surface area contributed by atoms with Crippen LogP contribution in [0.15, 0.2) is 91.0 Å². The van der Waals surface area contributed by atoms with Crippen LogP contribution in [0.5, 0.6) is 0 Å². The summed E-state index contributed by atoms with van der Waals surface area (Å²) in [4.78, 5) is 0. The molecule has 5 aromatic carbocycles. The van der Waals surface area contributed by atoms with Gasteiger partial charge < -0.3 is 0 Å². The Kier molecular flexibility index (Phi) is 5.42. The molecule has 0 spiro atoms. The molecule has 0 nitrogen and oxygen atoms in total. The summed E-state index contributed by atoms with van der Waals surface area (Å²) in [6.45, 7) is 2.25. The van der Waals surface area contributed by atoms with Gasteiger partial charge in [0.1, 0.15) is 0 Å². The van der Waals surface area contributed by atoms with Crippen LogP contribution in [-0.2, 0) is 6.42 Å². The summed E-state index contributed by atoms with van der Waals surface area (Å²) >= 11 is 0. The van der Waals surface area contributed by atoms with Gasteiger partial charge in [0.05, 0.1) is 0 Å². The second-order valence-corrected chi connectivity index (χ2v) is 8.36. The van der Waals surface area contributed by atoms with E-state index < -0.39 is 0 Å². The normalized spacial score (nSPS) is 11.0. The Morgan fingerprint density at radius 2 is 1.06 bits per heavy atom. The molecule has 0 aliphatic carbocycles. The lowest BCUT2D eigenvalue weighted by atomic mass is 10.0. The molecule has 0 amide bonds. The highest BCUT2D eigenvalue weighted by Crippen LogP contribution is 2.24. The fourth-order valence-corrected chi connectivity index (χ4v) is 4.27. The second kappa shape index (κ2) is 8.66. The molecule has 0 unspecified atom stereocenters. The lowest BCUT2D eigenvalue weighted by Crippen LogP contribution is -1.86. The lowest BCUT2D eigenvalue weighted by molar-refractivity contribution is 0.718. The highest BCUT2D eigenvalue weighted by molar-refractivity contribution is 5.98.